The number of carbonyl (C=O) groups is 2. The van der Waals surface area contributed by atoms with Crippen LogP contribution in [0.4, 0.5) is 10.1 Å². The zero-order valence-corrected chi connectivity index (χ0v) is 20.4. The number of esters is 1. The molecule has 0 saturated carbocycles. The summed E-state index contributed by atoms with van der Waals surface area (Å²) in [5, 5.41) is 10.7. The molecule has 1 aromatic carbocycles. The van der Waals surface area contributed by atoms with Crippen molar-refractivity contribution in [2.24, 2.45) is 5.92 Å². The molecule has 9 heteroatoms. The second kappa shape index (κ2) is 10.4. The normalized spacial score (nSPS) is 30.8. The maximum Gasteiger partial charge on any atom is 0.339 e. The Labute approximate surface area is 200 Å². The van der Waals surface area contributed by atoms with Gasteiger partial charge in [-0.2, -0.15) is 0 Å². The molecule has 0 aromatic heterocycles. The molecule has 1 fully saturated rings. The number of aliphatic hydroxyl groups is 1. The molecule has 183 valence electrons. The summed E-state index contributed by atoms with van der Waals surface area (Å²) in [4.78, 5) is 25.7. The summed E-state index contributed by atoms with van der Waals surface area (Å²) in [5.74, 6) is -2.76. The summed E-state index contributed by atoms with van der Waals surface area (Å²) in [7, 11) is 3.12. The first-order chi connectivity index (χ1) is 15.9. The number of rotatable bonds is 3. The first-order valence-electron chi connectivity index (χ1n) is 11.4. The number of hydrogen-bond acceptors (Lipinski definition) is 7. The van der Waals surface area contributed by atoms with Gasteiger partial charge in [-0.25, -0.2) is 9.18 Å². The monoisotopic (exact) mass is 472 g/mol. The van der Waals surface area contributed by atoms with Crippen molar-refractivity contribution in [2.45, 2.75) is 71.2 Å². The number of cyclic esters (lactones) is 1. The van der Waals surface area contributed by atoms with Crippen LogP contribution in [0.1, 0.15) is 55.6 Å². The second-order valence-electron chi connectivity index (χ2n) is 9.37. The lowest BCUT2D eigenvalue weighted by atomic mass is 9.92. The largest absolute Gasteiger partial charge is 0.458 e. The summed E-state index contributed by atoms with van der Waals surface area (Å²) in [6, 6.07) is 3.59. The van der Waals surface area contributed by atoms with Crippen molar-refractivity contribution < 1.29 is 33.3 Å². The lowest BCUT2D eigenvalue weighted by Crippen LogP contribution is -2.36. The van der Waals surface area contributed by atoms with E-state index < -0.39 is 47.9 Å². The third-order valence-electron chi connectivity index (χ3n) is 6.18. The number of fused-ring (bicyclic) bond motifs is 2. The summed E-state index contributed by atoms with van der Waals surface area (Å²) in [6.07, 6.45) is 2.18. The minimum Gasteiger partial charge on any atom is -0.458 e. The van der Waals surface area contributed by atoms with Crippen LogP contribution >= 0.6 is 0 Å². The van der Waals surface area contributed by atoms with Gasteiger partial charge in [-0.1, -0.05) is 19.1 Å². The second-order valence-corrected chi connectivity index (χ2v) is 9.37. The van der Waals surface area contributed by atoms with E-state index in [0.29, 0.717) is 29.3 Å². The zero-order chi connectivity index (χ0) is 25.2. The highest BCUT2D eigenvalue weighted by atomic mass is 19.1. The number of aryl methyl sites for hydroxylation is 1. The van der Waals surface area contributed by atoms with E-state index in [-0.39, 0.29) is 0 Å². The smallest absolute Gasteiger partial charge is 0.339 e. The van der Waals surface area contributed by atoms with E-state index in [1.54, 1.807) is 70.8 Å². The Morgan fingerprint density at radius 2 is 1.97 bits per heavy atom. The average Bonchev–Trinajstić information content (AvgIpc) is 3.06. The van der Waals surface area contributed by atoms with Gasteiger partial charge < -0.3 is 28.9 Å². The molecule has 0 aliphatic carbocycles. The molecule has 0 bridgehead atoms. The van der Waals surface area contributed by atoms with Gasteiger partial charge in [0.25, 0.3) is 0 Å². The van der Waals surface area contributed by atoms with Crippen LogP contribution in [0.5, 0.6) is 0 Å². The molecule has 3 rings (SSSR count). The van der Waals surface area contributed by atoms with Crippen molar-refractivity contribution in [3.05, 3.63) is 46.8 Å². The Morgan fingerprint density at radius 1 is 1.26 bits per heavy atom. The minimum absolute atomic E-state index is 0.318. The Kier molecular flexibility index (Phi) is 8.00. The number of anilines is 1. The van der Waals surface area contributed by atoms with Crippen LogP contribution in [-0.4, -0.2) is 61.9 Å². The van der Waals surface area contributed by atoms with Crippen LogP contribution in [0.25, 0.3) is 6.08 Å². The van der Waals surface area contributed by atoms with Crippen LogP contribution in [0.3, 0.4) is 0 Å². The van der Waals surface area contributed by atoms with E-state index in [2.05, 4.69) is 0 Å². The molecule has 0 unspecified atom stereocenters. The Bertz CT molecular complexity index is 994. The molecule has 5 atom stereocenters. The molecular weight excluding hydrogens is 440 g/mol. The van der Waals surface area contributed by atoms with E-state index >= 15 is 0 Å². The molecule has 34 heavy (non-hydrogen) atoms. The maximum atomic E-state index is 14.9. The number of hydrogen-bond donors (Lipinski definition) is 1. The van der Waals surface area contributed by atoms with Gasteiger partial charge in [-0.15, -0.1) is 0 Å². The van der Waals surface area contributed by atoms with Crippen molar-refractivity contribution in [1.82, 2.24) is 0 Å². The molecule has 1 aromatic rings. The topological polar surface area (TPSA) is 85.3 Å². The van der Waals surface area contributed by atoms with Gasteiger partial charge in [0, 0.05) is 11.6 Å². The van der Waals surface area contributed by atoms with E-state index in [1.807, 2.05) is 0 Å². The van der Waals surface area contributed by atoms with Crippen LogP contribution in [0.15, 0.2) is 30.1 Å². The van der Waals surface area contributed by atoms with E-state index in [4.69, 9.17) is 14.2 Å². The number of nitrogens with zero attached hydrogens (tertiary/aromatic N) is 1. The van der Waals surface area contributed by atoms with Gasteiger partial charge in [0.05, 0.1) is 11.7 Å². The number of carbonyl (C=O) groups excluding carboxylic acids is 2. The summed E-state index contributed by atoms with van der Waals surface area (Å²) >= 11 is 0. The predicted molar refractivity (Wildman–Crippen MR) is 129 cm³/mol. The predicted octanol–water partition coefficient (Wildman–Crippen LogP) is 3.57. The lowest BCUT2D eigenvalue weighted by Gasteiger charge is -2.24. The molecule has 2 aliphatic heterocycles. The molecule has 1 saturated heterocycles. The van der Waals surface area contributed by atoms with Gasteiger partial charge in [-0.05, 0) is 70.5 Å². The number of ether oxygens (including phenoxy) is 3. The highest BCUT2D eigenvalue weighted by molar-refractivity contribution is 6.70. The lowest BCUT2D eigenvalue weighted by molar-refractivity contribution is -0.153. The molecule has 0 amide bonds. The Balaban J connectivity index is 2.08. The molecule has 1 radical (unpaired) electrons. The van der Waals surface area contributed by atoms with Crippen LogP contribution in [0.2, 0.25) is 0 Å². The molecule has 0 spiro atoms. The van der Waals surface area contributed by atoms with Crippen molar-refractivity contribution in [1.29, 1.82) is 0 Å². The van der Waals surface area contributed by atoms with Crippen molar-refractivity contribution in [2.75, 3.05) is 11.9 Å². The quantitative estimate of drug-likeness (QED) is 0.409. The standard InChI is InChI=1S/C25H32BFNO6/c1-14-11-19(27)22(30)23-20(33-25(4,5)34-23)9-7-8-17-12-18(28(6)26-13-29)10-15(2)21(17)24(31)32-16(14)3/h7-8,10-14,16,20,22-23,30H,9H2,1-6H3/b8-7?,19-11+/t14-,16+,20+,22-,23+/m1/s1. The van der Waals surface area contributed by atoms with Gasteiger partial charge >= 0.3 is 13.4 Å². The van der Waals surface area contributed by atoms with Crippen LogP contribution < -0.4 is 4.81 Å². The highest BCUT2D eigenvalue weighted by Crippen LogP contribution is 2.35. The van der Waals surface area contributed by atoms with Crippen LogP contribution in [0, 0.1) is 12.8 Å². The fourth-order valence-corrected chi connectivity index (χ4v) is 4.21. The molecule has 2 aliphatic rings. The highest BCUT2D eigenvalue weighted by Gasteiger charge is 2.45. The van der Waals surface area contributed by atoms with Crippen LogP contribution in [-0.2, 0) is 19.0 Å². The molecule has 7 nitrogen and oxygen atoms in total. The molecule has 2 heterocycles. The molecule has 1 N–H and O–H groups in total. The van der Waals surface area contributed by atoms with Gasteiger partial charge in [0.2, 0.25) is 0 Å². The minimum atomic E-state index is -1.51. The molecular formula is C25H32BFNO6. The Morgan fingerprint density at radius 3 is 2.65 bits per heavy atom. The van der Waals surface area contributed by atoms with E-state index in [1.165, 1.54) is 13.5 Å². The van der Waals surface area contributed by atoms with E-state index in [9.17, 15) is 19.1 Å². The maximum absolute atomic E-state index is 14.9. The Hall–Kier alpha value is -2.49. The zero-order valence-electron chi connectivity index (χ0n) is 20.4. The van der Waals surface area contributed by atoms with Crippen molar-refractivity contribution in [3.63, 3.8) is 0 Å². The summed E-state index contributed by atoms with van der Waals surface area (Å²) in [5.41, 5.74) is 2.40. The van der Waals surface area contributed by atoms with E-state index in [0.717, 1.165) is 5.69 Å². The number of aliphatic hydroxyl groups excluding tert-OH is 1. The fraction of sp³-hybridized carbons (Fsp3) is 0.520. The summed E-state index contributed by atoms with van der Waals surface area (Å²) in [6.45, 7) is 8.62. The van der Waals surface area contributed by atoms with Gasteiger partial charge in [0.1, 0.15) is 30.3 Å². The fourth-order valence-electron chi connectivity index (χ4n) is 4.21. The average molecular weight is 472 g/mol. The SMILES string of the molecule is Cc1cc(N(C)[B]C=O)cc2c1C(=O)O[C@@H](C)[C@H](C)/C=C(/F)[C@@H](O)[C@H]1OC(C)(C)O[C@H]1CC=C2. The van der Waals surface area contributed by atoms with Gasteiger partial charge in [0.15, 0.2) is 5.79 Å². The van der Waals surface area contributed by atoms with Gasteiger partial charge in [-0.3, -0.25) is 0 Å². The third-order valence-corrected chi connectivity index (χ3v) is 6.18. The first-order valence-corrected chi connectivity index (χ1v) is 11.4. The van der Waals surface area contributed by atoms with Crippen molar-refractivity contribution in [3.8, 4) is 0 Å². The first kappa shape index (κ1) is 26.1. The summed E-state index contributed by atoms with van der Waals surface area (Å²) < 4.78 is 32.4. The van der Waals surface area contributed by atoms with Crippen molar-refractivity contribution >= 4 is 31.3 Å². The number of halogens is 1. The third kappa shape index (κ3) is 5.77. The number of benzene rings is 1.